The van der Waals surface area contributed by atoms with E-state index in [0.717, 1.165) is 11.8 Å². The van der Waals surface area contributed by atoms with Gasteiger partial charge >= 0.3 is 5.97 Å². The third kappa shape index (κ3) is 8.83. The number of amides is 1. The van der Waals surface area contributed by atoms with Gasteiger partial charge in [0.2, 0.25) is 5.91 Å². The van der Waals surface area contributed by atoms with Gasteiger partial charge in [-0.2, -0.15) is 0 Å². The fourth-order valence-corrected chi connectivity index (χ4v) is 1.58. The molecule has 1 amide bonds. The molecule has 1 N–H and O–H groups in total. The summed E-state index contributed by atoms with van der Waals surface area (Å²) in [6, 6.07) is -1.06. The molecule has 0 spiro atoms. The molecule has 0 aliphatic heterocycles. The second-order valence-electron chi connectivity index (χ2n) is 3.17. The zero-order valence-corrected chi connectivity index (χ0v) is 11.2. The van der Waals surface area contributed by atoms with Gasteiger partial charge in [-0.15, -0.1) is 10.1 Å². The summed E-state index contributed by atoms with van der Waals surface area (Å²) >= 11 is 0.831. The van der Waals surface area contributed by atoms with E-state index in [1.807, 2.05) is 0 Å². The minimum absolute atomic E-state index is 0.0155. The molecule has 0 aromatic carbocycles. The van der Waals surface area contributed by atoms with Crippen molar-refractivity contribution in [1.29, 1.82) is 0 Å². The molecule has 0 heterocycles. The van der Waals surface area contributed by atoms with Crippen LogP contribution in [0.2, 0.25) is 0 Å². The van der Waals surface area contributed by atoms with Gasteiger partial charge in [-0.25, -0.2) is 4.79 Å². The molecule has 0 radical (unpaired) electrons. The van der Waals surface area contributed by atoms with Gasteiger partial charge in [-0.05, 0) is 6.92 Å². The maximum atomic E-state index is 11.5. The molecule has 0 aliphatic carbocycles. The zero-order valence-electron chi connectivity index (χ0n) is 10.4. The van der Waals surface area contributed by atoms with Gasteiger partial charge < -0.3 is 14.9 Å². The van der Waals surface area contributed by atoms with E-state index in [4.69, 9.17) is 4.74 Å². The minimum Gasteiger partial charge on any atom is -0.464 e. The monoisotopic (exact) mass is 294 g/mol. The number of nitrogens with one attached hydrogen (secondary N) is 1. The van der Waals surface area contributed by atoms with Gasteiger partial charge in [0.15, 0.2) is 11.7 Å². The Labute approximate surface area is 113 Å². The maximum absolute atomic E-state index is 11.5. The standard InChI is InChI=1S/C9H14N2O7S/c1-3-17-9(14)7(5-19-6(2)12)10-8(13)4-18-11(15)16/h7H,3-5H2,1-2H3,(H,10,13). The summed E-state index contributed by atoms with van der Waals surface area (Å²) < 4.78 is 4.71. The number of hydrogen-bond acceptors (Lipinski definition) is 8. The van der Waals surface area contributed by atoms with E-state index in [0.29, 0.717) is 0 Å². The van der Waals surface area contributed by atoms with Crippen LogP contribution in [-0.4, -0.2) is 47.1 Å². The van der Waals surface area contributed by atoms with Crippen LogP contribution in [0.25, 0.3) is 0 Å². The number of thioether (sulfide) groups is 1. The number of hydrogen-bond donors (Lipinski definition) is 1. The van der Waals surface area contributed by atoms with Crippen molar-refractivity contribution in [1.82, 2.24) is 5.32 Å². The Morgan fingerprint density at radius 2 is 2.05 bits per heavy atom. The smallest absolute Gasteiger partial charge is 0.329 e. The first-order chi connectivity index (χ1) is 8.86. The number of ether oxygens (including phenoxy) is 1. The summed E-state index contributed by atoms with van der Waals surface area (Å²) in [7, 11) is 0. The van der Waals surface area contributed by atoms with Crippen LogP contribution in [0.4, 0.5) is 0 Å². The van der Waals surface area contributed by atoms with Crippen LogP contribution in [0.5, 0.6) is 0 Å². The van der Waals surface area contributed by atoms with Gasteiger partial charge in [0.25, 0.3) is 5.09 Å². The SMILES string of the molecule is CCOC(=O)C(CSC(C)=O)NC(=O)CO[N+](=O)[O-]. The van der Waals surface area contributed by atoms with E-state index in [-0.39, 0.29) is 17.5 Å². The third-order valence-corrected chi connectivity index (χ3v) is 2.57. The van der Waals surface area contributed by atoms with Gasteiger partial charge in [0.1, 0.15) is 6.04 Å². The average Bonchev–Trinajstić information content (AvgIpc) is 2.31. The number of rotatable bonds is 8. The van der Waals surface area contributed by atoms with Crippen molar-refractivity contribution < 1.29 is 29.0 Å². The van der Waals surface area contributed by atoms with Crippen LogP contribution in [0.1, 0.15) is 13.8 Å². The second kappa shape index (κ2) is 9.14. The molecular weight excluding hydrogens is 280 g/mol. The first-order valence-corrected chi connectivity index (χ1v) is 6.22. The summed E-state index contributed by atoms with van der Waals surface area (Å²) in [5.74, 6) is -1.58. The highest BCUT2D eigenvalue weighted by molar-refractivity contribution is 8.13. The molecule has 108 valence electrons. The van der Waals surface area contributed by atoms with Gasteiger partial charge in [-0.1, -0.05) is 11.8 Å². The van der Waals surface area contributed by atoms with Gasteiger partial charge in [0.05, 0.1) is 6.61 Å². The summed E-state index contributed by atoms with van der Waals surface area (Å²) in [5.41, 5.74) is 0. The van der Waals surface area contributed by atoms with Crippen molar-refractivity contribution in [3.05, 3.63) is 10.1 Å². The highest BCUT2D eigenvalue weighted by Gasteiger charge is 2.23. The molecule has 9 nitrogen and oxygen atoms in total. The zero-order chi connectivity index (χ0) is 14.8. The van der Waals surface area contributed by atoms with E-state index < -0.39 is 29.6 Å². The van der Waals surface area contributed by atoms with Gasteiger partial charge in [-0.3, -0.25) is 9.59 Å². The molecule has 0 aromatic heterocycles. The Hall–Kier alpha value is -1.84. The van der Waals surface area contributed by atoms with Crippen molar-refractivity contribution in [2.24, 2.45) is 0 Å². The Balaban J connectivity index is 4.38. The molecule has 0 aliphatic rings. The van der Waals surface area contributed by atoms with Crippen molar-refractivity contribution in [3.63, 3.8) is 0 Å². The highest BCUT2D eigenvalue weighted by atomic mass is 32.2. The van der Waals surface area contributed by atoms with Crippen molar-refractivity contribution in [3.8, 4) is 0 Å². The van der Waals surface area contributed by atoms with E-state index in [1.54, 1.807) is 6.92 Å². The number of esters is 1. The summed E-state index contributed by atoms with van der Waals surface area (Å²) in [6.45, 7) is 2.18. The summed E-state index contributed by atoms with van der Waals surface area (Å²) in [6.07, 6.45) is 0. The Morgan fingerprint density at radius 3 is 2.53 bits per heavy atom. The Bertz CT molecular complexity index is 360. The molecule has 0 saturated carbocycles. The quantitative estimate of drug-likeness (QED) is 0.361. The van der Waals surface area contributed by atoms with Crippen LogP contribution in [0.15, 0.2) is 0 Å². The Morgan fingerprint density at radius 1 is 1.42 bits per heavy atom. The van der Waals surface area contributed by atoms with Crippen molar-refractivity contribution in [2.75, 3.05) is 19.0 Å². The molecule has 19 heavy (non-hydrogen) atoms. The van der Waals surface area contributed by atoms with Gasteiger partial charge in [0, 0.05) is 12.7 Å². The maximum Gasteiger partial charge on any atom is 0.329 e. The lowest BCUT2D eigenvalue weighted by Crippen LogP contribution is -2.45. The van der Waals surface area contributed by atoms with Crippen LogP contribution < -0.4 is 5.32 Å². The number of carbonyl (C=O) groups is 3. The molecular formula is C9H14N2O7S. The average molecular weight is 294 g/mol. The van der Waals surface area contributed by atoms with Crippen LogP contribution in [0, 0.1) is 10.1 Å². The van der Waals surface area contributed by atoms with E-state index in [2.05, 4.69) is 10.2 Å². The molecule has 0 bridgehead atoms. The number of carbonyl (C=O) groups excluding carboxylic acids is 3. The topological polar surface area (TPSA) is 125 Å². The summed E-state index contributed by atoms with van der Waals surface area (Å²) in [5, 5.41) is 10.7. The lowest BCUT2D eigenvalue weighted by molar-refractivity contribution is -0.754. The molecule has 10 heteroatoms. The fourth-order valence-electron chi connectivity index (χ4n) is 0.959. The fraction of sp³-hybridized carbons (Fsp3) is 0.667. The first-order valence-electron chi connectivity index (χ1n) is 5.23. The normalized spacial score (nSPS) is 11.3. The predicted molar refractivity (Wildman–Crippen MR) is 64.6 cm³/mol. The molecule has 0 saturated heterocycles. The number of nitrogens with zero attached hydrogens (tertiary/aromatic N) is 1. The molecule has 1 atom stereocenters. The Kier molecular flexibility index (Phi) is 8.25. The summed E-state index contributed by atoms with van der Waals surface area (Å²) in [4.78, 5) is 47.3. The lowest BCUT2D eigenvalue weighted by Gasteiger charge is -2.15. The minimum atomic E-state index is -1.12. The van der Waals surface area contributed by atoms with E-state index in [9.17, 15) is 24.5 Å². The molecule has 0 rings (SSSR count). The van der Waals surface area contributed by atoms with Crippen molar-refractivity contribution in [2.45, 2.75) is 19.9 Å². The predicted octanol–water partition coefficient (Wildman–Crippen LogP) is -0.478. The van der Waals surface area contributed by atoms with Crippen LogP contribution in [-0.2, 0) is 24.0 Å². The van der Waals surface area contributed by atoms with E-state index >= 15 is 0 Å². The first kappa shape index (κ1) is 17.2. The largest absolute Gasteiger partial charge is 0.464 e. The van der Waals surface area contributed by atoms with Crippen molar-refractivity contribution >= 4 is 28.8 Å². The van der Waals surface area contributed by atoms with E-state index in [1.165, 1.54) is 6.92 Å². The van der Waals surface area contributed by atoms with Crippen LogP contribution >= 0.6 is 11.8 Å². The molecule has 0 aromatic rings. The second-order valence-corrected chi connectivity index (χ2v) is 4.37. The highest BCUT2D eigenvalue weighted by Crippen LogP contribution is 2.05. The molecule has 0 fully saturated rings. The third-order valence-electron chi connectivity index (χ3n) is 1.66. The van der Waals surface area contributed by atoms with Crippen LogP contribution in [0.3, 0.4) is 0 Å². The lowest BCUT2D eigenvalue weighted by atomic mass is 10.3. The molecule has 1 unspecified atom stereocenters.